The zero-order valence-electron chi connectivity index (χ0n) is 51.8. The molecular formula is C74H120O6. The van der Waals surface area contributed by atoms with Gasteiger partial charge in [0.25, 0.3) is 0 Å². The highest BCUT2D eigenvalue weighted by Gasteiger charge is 2.19. The monoisotopic (exact) mass is 1100 g/mol. The quantitative estimate of drug-likeness (QED) is 0.0261. The fraction of sp³-hybridized carbons (Fsp3) is 0.635. The van der Waals surface area contributed by atoms with E-state index in [1.54, 1.807) is 0 Å². The summed E-state index contributed by atoms with van der Waals surface area (Å²) in [7, 11) is 0. The Kier molecular flexibility index (Phi) is 62.9. The van der Waals surface area contributed by atoms with Crippen molar-refractivity contribution >= 4 is 17.9 Å². The van der Waals surface area contributed by atoms with Crippen molar-refractivity contribution in [3.63, 3.8) is 0 Å². The van der Waals surface area contributed by atoms with Crippen LogP contribution in [-0.2, 0) is 28.6 Å². The Morgan fingerprint density at radius 3 is 0.787 bits per heavy atom. The minimum atomic E-state index is -0.796. The van der Waals surface area contributed by atoms with Gasteiger partial charge in [0.2, 0.25) is 0 Å². The van der Waals surface area contributed by atoms with Crippen molar-refractivity contribution in [3.8, 4) is 0 Å². The highest BCUT2D eigenvalue weighted by atomic mass is 16.6. The normalized spacial score (nSPS) is 13.1. The van der Waals surface area contributed by atoms with Gasteiger partial charge in [0, 0.05) is 19.3 Å². The molecular weight excluding hydrogens is 985 g/mol. The number of hydrogen-bond acceptors (Lipinski definition) is 6. The molecule has 0 saturated carbocycles. The second-order valence-electron chi connectivity index (χ2n) is 21.3. The largest absolute Gasteiger partial charge is 0.462 e. The SMILES string of the molecule is CC/C=C\C/C=C\C/C=C\C/C=C\C/C=C\C/C=C\C/C=C\C/C=C\C/C=C\C/C=C\CCCCCCC(=O)OCC(COC(=O)CCCCCCCCCCCC)OC(=O)CCCCCCCCC/C=C\C/C=C\CCCCC. The van der Waals surface area contributed by atoms with Crippen LogP contribution in [0.25, 0.3) is 0 Å². The van der Waals surface area contributed by atoms with Crippen LogP contribution >= 0.6 is 0 Å². The van der Waals surface area contributed by atoms with Crippen LogP contribution in [0.1, 0.15) is 284 Å². The molecule has 0 amide bonds. The van der Waals surface area contributed by atoms with Crippen LogP contribution in [-0.4, -0.2) is 37.2 Å². The molecule has 0 aliphatic carbocycles. The molecule has 80 heavy (non-hydrogen) atoms. The van der Waals surface area contributed by atoms with E-state index in [1.165, 1.54) is 96.3 Å². The first-order valence-electron chi connectivity index (χ1n) is 32.8. The predicted octanol–water partition coefficient (Wildman–Crippen LogP) is 22.7. The van der Waals surface area contributed by atoms with E-state index in [0.29, 0.717) is 19.3 Å². The highest BCUT2D eigenvalue weighted by Crippen LogP contribution is 2.15. The molecule has 0 aliphatic heterocycles. The Morgan fingerprint density at radius 1 is 0.263 bits per heavy atom. The van der Waals surface area contributed by atoms with Gasteiger partial charge in [-0.3, -0.25) is 14.4 Å². The molecule has 0 heterocycles. The van der Waals surface area contributed by atoms with Gasteiger partial charge in [0.1, 0.15) is 13.2 Å². The van der Waals surface area contributed by atoms with Crippen molar-refractivity contribution in [3.05, 3.63) is 146 Å². The van der Waals surface area contributed by atoms with Crippen molar-refractivity contribution < 1.29 is 28.6 Å². The molecule has 0 aliphatic rings. The number of ether oxygens (including phenoxy) is 3. The Balaban J connectivity index is 4.29. The van der Waals surface area contributed by atoms with Crippen molar-refractivity contribution in [2.24, 2.45) is 0 Å². The summed E-state index contributed by atoms with van der Waals surface area (Å²) in [5, 5.41) is 0. The average Bonchev–Trinajstić information content (AvgIpc) is 3.46. The lowest BCUT2D eigenvalue weighted by Gasteiger charge is -2.18. The number of carbonyl (C=O) groups is 3. The number of rotatable bonds is 58. The summed E-state index contributed by atoms with van der Waals surface area (Å²) in [6.07, 6.45) is 95.7. The molecule has 0 fully saturated rings. The van der Waals surface area contributed by atoms with Gasteiger partial charge < -0.3 is 14.2 Å². The molecule has 6 nitrogen and oxygen atoms in total. The summed E-state index contributed by atoms with van der Waals surface area (Å²) in [4.78, 5) is 38.2. The average molecular weight is 1110 g/mol. The Hall–Kier alpha value is -4.71. The maximum atomic E-state index is 12.9. The zero-order chi connectivity index (χ0) is 57.8. The molecule has 0 aromatic heterocycles. The van der Waals surface area contributed by atoms with Gasteiger partial charge in [0.05, 0.1) is 0 Å². The van der Waals surface area contributed by atoms with Crippen molar-refractivity contribution in [2.45, 2.75) is 290 Å². The summed E-state index contributed by atoms with van der Waals surface area (Å²) in [6, 6.07) is 0. The van der Waals surface area contributed by atoms with E-state index in [-0.39, 0.29) is 31.1 Å². The van der Waals surface area contributed by atoms with Crippen LogP contribution in [0, 0.1) is 0 Å². The summed E-state index contributed by atoms with van der Waals surface area (Å²) < 4.78 is 16.9. The number of hydrogen-bond donors (Lipinski definition) is 0. The third-order valence-corrected chi connectivity index (χ3v) is 13.6. The van der Waals surface area contributed by atoms with Gasteiger partial charge in [-0.15, -0.1) is 0 Å². The molecule has 6 heteroatoms. The minimum Gasteiger partial charge on any atom is -0.462 e. The third-order valence-electron chi connectivity index (χ3n) is 13.6. The summed E-state index contributed by atoms with van der Waals surface area (Å²) >= 11 is 0. The van der Waals surface area contributed by atoms with Gasteiger partial charge in [-0.05, 0) is 128 Å². The minimum absolute atomic E-state index is 0.0912. The maximum Gasteiger partial charge on any atom is 0.306 e. The van der Waals surface area contributed by atoms with Gasteiger partial charge in [0.15, 0.2) is 6.10 Å². The number of carbonyl (C=O) groups excluding carboxylic acids is 3. The van der Waals surface area contributed by atoms with Gasteiger partial charge in [-0.1, -0.05) is 282 Å². The molecule has 0 spiro atoms. The van der Waals surface area contributed by atoms with Crippen molar-refractivity contribution in [1.29, 1.82) is 0 Å². The molecule has 0 N–H and O–H groups in total. The van der Waals surface area contributed by atoms with Gasteiger partial charge in [-0.25, -0.2) is 0 Å². The van der Waals surface area contributed by atoms with E-state index in [1.807, 2.05) is 0 Å². The Labute approximate surface area is 493 Å². The molecule has 0 rings (SSSR count). The number of allylic oxidation sites excluding steroid dienone is 24. The summed E-state index contributed by atoms with van der Waals surface area (Å²) in [5.41, 5.74) is 0. The Bertz CT molecular complexity index is 1750. The lowest BCUT2D eigenvalue weighted by molar-refractivity contribution is -0.167. The van der Waals surface area contributed by atoms with Gasteiger partial charge >= 0.3 is 17.9 Å². The lowest BCUT2D eigenvalue weighted by atomic mass is 10.1. The van der Waals surface area contributed by atoms with E-state index in [4.69, 9.17) is 14.2 Å². The van der Waals surface area contributed by atoms with E-state index < -0.39 is 6.10 Å². The molecule has 452 valence electrons. The topological polar surface area (TPSA) is 78.9 Å². The van der Waals surface area contributed by atoms with Crippen LogP contribution in [0.2, 0.25) is 0 Å². The molecule has 0 saturated heterocycles. The van der Waals surface area contributed by atoms with Crippen molar-refractivity contribution in [2.75, 3.05) is 13.2 Å². The van der Waals surface area contributed by atoms with Crippen LogP contribution in [0.5, 0.6) is 0 Å². The standard InChI is InChI=1S/C74H120O6/c1-4-7-10-13-16-19-22-24-26-28-29-30-31-32-33-34-35-36-37-38-39-40-41-42-43-44-45-47-48-50-52-55-58-61-64-67-73(76)79-70-71(69-78-72(75)66-63-60-57-54-21-18-15-12-9-6-3)80-74(77)68-65-62-59-56-53-51-49-46-27-25-23-20-17-14-11-8-5-2/h7,10,16-17,19-20,24-27,29-30,32-33,35-36,38-39,41-42,44-45,48,50,71H,4-6,8-9,11-15,18,21-23,28,31,34,37,40,43,46-47,49,51-70H2,1-3H3/b10-7-,19-16-,20-17-,26-24-,27-25-,30-29-,33-32-,36-35-,39-38-,42-41-,45-44-,50-48-. The van der Waals surface area contributed by atoms with Crippen LogP contribution in [0.15, 0.2) is 146 Å². The predicted molar refractivity (Wildman–Crippen MR) is 348 cm³/mol. The molecule has 0 radical (unpaired) electrons. The second-order valence-corrected chi connectivity index (χ2v) is 21.3. The Morgan fingerprint density at radius 2 is 0.487 bits per heavy atom. The molecule has 0 aromatic rings. The van der Waals surface area contributed by atoms with E-state index in [9.17, 15) is 14.4 Å². The molecule has 0 bridgehead atoms. The molecule has 0 aromatic carbocycles. The lowest BCUT2D eigenvalue weighted by Crippen LogP contribution is -2.30. The third kappa shape index (κ3) is 64.1. The highest BCUT2D eigenvalue weighted by molar-refractivity contribution is 5.71. The summed E-state index contributed by atoms with van der Waals surface area (Å²) in [5.74, 6) is -0.926. The zero-order valence-corrected chi connectivity index (χ0v) is 51.8. The first-order chi connectivity index (χ1) is 39.5. The second kappa shape index (κ2) is 66.8. The maximum absolute atomic E-state index is 12.9. The molecule has 1 unspecified atom stereocenters. The first kappa shape index (κ1) is 75.3. The van der Waals surface area contributed by atoms with E-state index in [2.05, 4.69) is 167 Å². The number of esters is 3. The van der Waals surface area contributed by atoms with E-state index in [0.717, 1.165) is 148 Å². The number of unbranched alkanes of at least 4 members (excludes halogenated alkanes) is 23. The van der Waals surface area contributed by atoms with Gasteiger partial charge in [-0.2, -0.15) is 0 Å². The summed E-state index contributed by atoms with van der Waals surface area (Å²) in [6.45, 7) is 6.46. The van der Waals surface area contributed by atoms with Crippen molar-refractivity contribution in [1.82, 2.24) is 0 Å². The van der Waals surface area contributed by atoms with Crippen LogP contribution in [0.3, 0.4) is 0 Å². The molecule has 1 atom stereocenters. The smallest absolute Gasteiger partial charge is 0.306 e. The van der Waals surface area contributed by atoms with E-state index >= 15 is 0 Å². The van der Waals surface area contributed by atoms with Crippen LogP contribution < -0.4 is 0 Å². The first-order valence-corrected chi connectivity index (χ1v) is 32.8. The van der Waals surface area contributed by atoms with Crippen LogP contribution in [0.4, 0.5) is 0 Å². The fourth-order valence-corrected chi connectivity index (χ4v) is 8.68. The fourth-order valence-electron chi connectivity index (χ4n) is 8.68.